The van der Waals surface area contributed by atoms with Gasteiger partial charge in [-0.1, -0.05) is 79.2 Å². The van der Waals surface area contributed by atoms with Gasteiger partial charge in [-0.2, -0.15) is 4.80 Å². The number of rotatable bonds is 25. The van der Waals surface area contributed by atoms with E-state index >= 15 is 0 Å². The summed E-state index contributed by atoms with van der Waals surface area (Å²) in [4.78, 5) is 46.2. The van der Waals surface area contributed by atoms with Crippen molar-refractivity contribution < 1.29 is 24.1 Å². The second-order valence-corrected chi connectivity index (χ2v) is 19.2. The predicted molar refractivity (Wildman–Crippen MR) is 291 cm³/mol. The van der Waals surface area contributed by atoms with Crippen molar-refractivity contribution in [2.75, 3.05) is 97.1 Å². The first-order valence-corrected chi connectivity index (χ1v) is 26.1. The number of aliphatic hydroxyl groups excluding tert-OH is 1. The Kier molecular flexibility index (Phi) is 16.5. The molecule has 1 atom stereocenters. The van der Waals surface area contributed by atoms with Crippen LogP contribution in [0.4, 0.5) is 11.6 Å². The van der Waals surface area contributed by atoms with Crippen LogP contribution in [0, 0.1) is 0 Å². The molecule has 10 rings (SSSR count). The number of carbonyl (C=O) groups is 1. The molecule has 0 bridgehead atoms. The molecule has 0 radical (unpaired) electrons. The van der Waals surface area contributed by atoms with Crippen LogP contribution in [-0.2, 0) is 34.1 Å². The van der Waals surface area contributed by atoms with Crippen LogP contribution in [-0.4, -0.2) is 157 Å². The Balaban J connectivity index is 0.801. The van der Waals surface area contributed by atoms with Crippen LogP contribution in [0.5, 0.6) is 0 Å². The zero-order valence-corrected chi connectivity index (χ0v) is 43.0. The van der Waals surface area contributed by atoms with Gasteiger partial charge in [0.25, 0.3) is 0 Å². The number of likely N-dealkylation sites (tertiary alicyclic amines) is 1. The molecule has 1 unspecified atom stereocenters. The van der Waals surface area contributed by atoms with Crippen LogP contribution < -0.4 is 10.6 Å². The van der Waals surface area contributed by atoms with Gasteiger partial charge in [-0.15, -0.1) is 10.2 Å². The zero-order valence-electron chi connectivity index (χ0n) is 43.0. The highest BCUT2D eigenvalue weighted by Gasteiger charge is 2.24. The topological polar surface area (TPSA) is 222 Å². The maximum absolute atomic E-state index is 12.5. The lowest BCUT2D eigenvalue weighted by atomic mass is 9.94. The highest BCUT2D eigenvalue weighted by atomic mass is 16.5. The average Bonchev–Trinajstić information content (AvgIpc) is 4.16. The largest absolute Gasteiger partial charge is 0.465 e. The number of carbonyl (C=O) groups excluding carboxylic acids is 1. The van der Waals surface area contributed by atoms with Crippen LogP contribution in [0.3, 0.4) is 0 Å². The highest BCUT2D eigenvalue weighted by Crippen LogP contribution is 2.35. The number of aromatic amines is 2. The summed E-state index contributed by atoms with van der Waals surface area (Å²) in [6.45, 7) is 7.07. The van der Waals surface area contributed by atoms with Crippen molar-refractivity contribution >= 4 is 61.5 Å². The van der Waals surface area contributed by atoms with Crippen molar-refractivity contribution in [1.29, 1.82) is 0 Å². The fourth-order valence-electron chi connectivity index (χ4n) is 10.1. The van der Waals surface area contributed by atoms with Gasteiger partial charge in [-0.25, -0.2) is 24.7 Å². The third kappa shape index (κ3) is 12.4. The fourth-order valence-corrected chi connectivity index (χ4v) is 10.1. The molecule has 4 aromatic carbocycles. The molecule has 390 valence electrons. The van der Waals surface area contributed by atoms with Gasteiger partial charge >= 0.3 is 5.97 Å². The summed E-state index contributed by atoms with van der Waals surface area (Å²) in [5, 5.41) is 32.7. The first-order valence-electron chi connectivity index (χ1n) is 26.1. The Labute approximate surface area is 435 Å². The number of benzene rings is 4. The Morgan fingerprint density at radius 1 is 0.760 bits per heavy atom. The van der Waals surface area contributed by atoms with E-state index in [1.54, 1.807) is 13.1 Å². The number of esters is 1. The van der Waals surface area contributed by atoms with Crippen LogP contribution >= 0.6 is 0 Å². The first kappa shape index (κ1) is 51.1. The third-order valence-electron chi connectivity index (χ3n) is 13.9. The summed E-state index contributed by atoms with van der Waals surface area (Å²) >= 11 is 0. The minimum absolute atomic E-state index is 0.0148. The number of piperidine rings is 1. The predicted octanol–water partition coefficient (Wildman–Crippen LogP) is 7.48. The lowest BCUT2D eigenvalue weighted by Crippen LogP contribution is -2.34. The minimum atomic E-state index is -0.393. The van der Waals surface area contributed by atoms with Crippen molar-refractivity contribution in [3.8, 4) is 11.4 Å². The molecule has 0 spiro atoms. The standard InChI is InChI=1S/C56H66N14O5/c1-68(27-29-74-31-32-75-30-28-71)24-9-22-57-52-50-43-21-19-41(56(72)73-3)36-45(43)60-55(50)64-48(62-52)34-38-14-16-39(17-15-38)46-13-7-8-25-70(46)26-10-23-58-53-49-42-20-18-40(51-65-67-69(2)66-51)35-44(42)59-54(49)63-47(61-53)33-37-11-5-4-6-12-37/h4-6,11-12,14-21,35-36,46,71H,7-10,13,22-34H2,1-3H3,(H2,57,60,62,64)(H2,58,59,61,63). The van der Waals surface area contributed by atoms with Gasteiger partial charge in [-0.05, 0) is 85.9 Å². The number of methoxy groups -OCH3 is 1. The van der Waals surface area contributed by atoms with E-state index in [4.69, 9.17) is 39.3 Å². The van der Waals surface area contributed by atoms with Crippen molar-refractivity contribution in [2.45, 2.75) is 51.0 Å². The van der Waals surface area contributed by atoms with Crippen molar-refractivity contribution in [3.63, 3.8) is 0 Å². The van der Waals surface area contributed by atoms with Crippen LogP contribution in [0.2, 0.25) is 0 Å². The molecular weight excluding hydrogens is 949 g/mol. The number of aromatic nitrogens is 10. The second-order valence-electron chi connectivity index (χ2n) is 19.2. The molecule has 0 aliphatic carbocycles. The maximum Gasteiger partial charge on any atom is 0.337 e. The average molecular weight is 1020 g/mol. The normalized spacial score (nSPS) is 14.2. The van der Waals surface area contributed by atoms with Crippen LogP contribution in [0.1, 0.15) is 76.8 Å². The molecule has 1 aliphatic rings. The summed E-state index contributed by atoms with van der Waals surface area (Å²) in [5.74, 6) is 3.22. The van der Waals surface area contributed by atoms with Crippen molar-refractivity contribution in [2.24, 2.45) is 7.05 Å². The fraction of sp³-hybridized carbons (Fsp3) is 0.393. The summed E-state index contributed by atoms with van der Waals surface area (Å²) in [5.41, 5.74) is 8.19. The Hall–Kier alpha value is -7.42. The number of hydrogen-bond acceptors (Lipinski definition) is 16. The molecule has 5 aromatic heterocycles. The molecule has 1 saturated heterocycles. The number of aryl methyl sites for hydroxylation is 1. The smallest absolute Gasteiger partial charge is 0.337 e. The minimum Gasteiger partial charge on any atom is -0.465 e. The number of tetrazole rings is 1. The van der Waals surface area contributed by atoms with Gasteiger partial charge in [-0.3, -0.25) is 4.90 Å². The van der Waals surface area contributed by atoms with E-state index < -0.39 is 5.97 Å². The molecule has 0 amide bonds. The van der Waals surface area contributed by atoms with E-state index in [0.717, 1.165) is 124 Å². The lowest BCUT2D eigenvalue weighted by Gasteiger charge is -2.36. The van der Waals surface area contributed by atoms with Gasteiger partial charge < -0.3 is 44.8 Å². The SMILES string of the molecule is COC(=O)c1ccc2c(c1)[nH]c1nc(Cc3ccc(C4CCCCN4CCCNc4nc(Cc5ccccc5)nc5[nH]c6cc(-c7nnn(C)n7)ccc6c45)cc3)nc(NCCCN(C)CCOCCOCCO)c12. The van der Waals surface area contributed by atoms with Crippen LogP contribution in [0.15, 0.2) is 91.0 Å². The third-order valence-corrected chi connectivity index (χ3v) is 13.9. The van der Waals surface area contributed by atoms with Gasteiger partial charge in [0.05, 0.1) is 63.5 Å². The van der Waals surface area contributed by atoms with E-state index in [2.05, 4.69) is 101 Å². The molecule has 6 heterocycles. The lowest BCUT2D eigenvalue weighted by molar-refractivity contribution is 0.0282. The number of aliphatic hydroxyl groups is 1. The molecule has 19 nitrogen and oxygen atoms in total. The Morgan fingerprint density at radius 3 is 2.11 bits per heavy atom. The Bertz CT molecular complexity index is 3340. The van der Waals surface area contributed by atoms with Gasteiger partial charge in [0.2, 0.25) is 5.82 Å². The Morgan fingerprint density at radius 2 is 1.43 bits per heavy atom. The molecular formula is C56H66N14O5. The summed E-state index contributed by atoms with van der Waals surface area (Å²) in [6.07, 6.45) is 6.51. The van der Waals surface area contributed by atoms with Crippen LogP contribution in [0.25, 0.3) is 55.3 Å². The highest BCUT2D eigenvalue weighted by molar-refractivity contribution is 6.13. The van der Waals surface area contributed by atoms with E-state index in [9.17, 15) is 4.79 Å². The number of likely N-dealkylation sites (N-methyl/N-ethyl adjacent to an activating group) is 1. The summed E-state index contributed by atoms with van der Waals surface area (Å²) in [7, 11) is 5.24. The second kappa shape index (κ2) is 24.3. The van der Waals surface area contributed by atoms with Gasteiger partial charge in [0, 0.05) is 72.4 Å². The quantitative estimate of drug-likeness (QED) is 0.0277. The number of ether oxygens (including phenoxy) is 3. The number of H-pyrrole nitrogens is 2. The summed E-state index contributed by atoms with van der Waals surface area (Å²) in [6, 6.07) is 31.4. The zero-order chi connectivity index (χ0) is 51.5. The van der Waals surface area contributed by atoms with E-state index in [-0.39, 0.29) is 6.61 Å². The monoisotopic (exact) mass is 1010 g/mol. The number of fused-ring (bicyclic) bond motifs is 6. The number of anilines is 2. The molecule has 9 aromatic rings. The molecule has 5 N–H and O–H groups in total. The first-order chi connectivity index (χ1) is 36.8. The van der Waals surface area contributed by atoms with E-state index in [0.29, 0.717) is 74.7 Å². The van der Waals surface area contributed by atoms with Gasteiger partial charge in [0.15, 0.2) is 0 Å². The molecule has 0 saturated carbocycles. The maximum atomic E-state index is 12.5. The van der Waals surface area contributed by atoms with E-state index in [1.807, 2.05) is 36.4 Å². The van der Waals surface area contributed by atoms with E-state index in [1.165, 1.54) is 30.3 Å². The molecule has 1 aliphatic heterocycles. The molecule has 1 fully saturated rings. The number of nitrogens with zero attached hydrogens (tertiary/aromatic N) is 10. The number of hydrogen-bond donors (Lipinski definition) is 5. The molecule has 75 heavy (non-hydrogen) atoms. The van der Waals surface area contributed by atoms with Crippen molar-refractivity contribution in [1.82, 2.24) is 59.9 Å². The van der Waals surface area contributed by atoms with Gasteiger partial charge in [0.1, 0.15) is 34.6 Å². The molecule has 19 heteroatoms. The van der Waals surface area contributed by atoms with Crippen molar-refractivity contribution in [3.05, 3.63) is 125 Å². The summed E-state index contributed by atoms with van der Waals surface area (Å²) < 4.78 is 16.0. The number of nitrogens with one attached hydrogen (secondary N) is 4.